The number of hydrogen-bond acceptors (Lipinski definition) is 18. The molecule has 0 radical (unpaired) electrons. The van der Waals surface area contributed by atoms with E-state index in [9.17, 15) is 33.6 Å². The molecule has 6 N–H and O–H groups in total. The van der Waals surface area contributed by atoms with Crippen molar-refractivity contribution < 1.29 is 66.8 Å². The fourth-order valence-corrected chi connectivity index (χ4v) is 12.7. The van der Waals surface area contributed by atoms with E-state index >= 15 is 9.59 Å². The van der Waals surface area contributed by atoms with Gasteiger partial charge in [0.15, 0.2) is 18.0 Å². The van der Waals surface area contributed by atoms with Gasteiger partial charge in [-0.15, -0.1) is 0 Å². The van der Waals surface area contributed by atoms with E-state index in [0.29, 0.717) is 83.0 Å². The molecule has 492 valence electrons. The lowest BCUT2D eigenvalue weighted by Crippen LogP contribution is -2.62. The lowest BCUT2D eigenvalue weighted by molar-refractivity contribution is -0.277. The van der Waals surface area contributed by atoms with Gasteiger partial charge in [-0.2, -0.15) is 0 Å². The van der Waals surface area contributed by atoms with Crippen molar-refractivity contribution in [1.82, 2.24) is 52.1 Å². The van der Waals surface area contributed by atoms with Crippen molar-refractivity contribution in [3.05, 3.63) is 94.8 Å². The highest BCUT2D eigenvalue weighted by atomic mass is 16.7. The fraction of sp³-hybridized carbons (Fsp3) is 0.544. The van der Waals surface area contributed by atoms with Gasteiger partial charge in [-0.25, -0.2) is 10.9 Å². The van der Waals surface area contributed by atoms with Gasteiger partial charge in [-0.3, -0.25) is 63.1 Å². The van der Waals surface area contributed by atoms with Gasteiger partial charge < -0.3 is 45.0 Å². The zero-order chi connectivity index (χ0) is 66.0. The first-order chi connectivity index (χ1) is 43.7. The van der Waals surface area contributed by atoms with E-state index < -0.39 is 130 Å². The van der Waals surface area contributed by atoms with Crippen LogP contribution in [0.25, 0.3) is 34.0 Å². The molecule has 5 aliphatic heterocycles. The maximum Gasteiger partial charge on any atom is 0.321 e. The number of carbonyl (C=O) groups is 9. The first kappa shape index (κ1) is 66.7. The van der Waals surface area contributed by atoms with Gasteiger partial charge >= 0.3 is 17.9 Å². The van der Waals surface area contributed by atoms with Crippen molar-refractivity contribution in [2.75, 3.05) is 26.3 Å². The number of nitrogens with one attached hydrogen (secondary N) is 6. The second kappa shape index (κ2) is 27.6. The van der Waals surface area contributed by atoms with Gasteiger partial charge in [0.2, 0.25) is 11.8 Å². The van der Waals surface area contributed by atoms with Crippen LogP contribution in [0, 0.1) is 22.7 Å². The normalized spacial score (nSPS) is 28.5. The summed E-state index contributed by atoms with van der Waals surface area (Å²) in [5.74, 6) is -7.46. The van der Waals surface area contributed by atoms with Crippen LogP contribution < -0.4 is 32.1 Å². The highest BCUT2D eigenvalue weighted by molar-refractivity contribution is 5.95. The number of pyridine rings is 2. The number of fused-ring (bicyclic) bond motifs is 8. The molecule has 92 heavy (non-hydrogen) atoms. The molecule has 2 spiro atoms. The fourth-order valence-electron chi connectivity index (χ4n) is 12.7. The minimum atomic E-state index is -1.53. The molecule has 3 saturated heterocycles. The Morgan fingerprint density at radius 2 is 1.12 bits per heavy atom. The number of cyclic esters (lactones) is 2. The average molecular weight is 1270 g/mol. The predicted molar refractivity (Wildman–Crippen MR) is 338 cm³/mol. The monoisotopic (exact) mass is 1270 g/mol. The highest BCUT2D eigenvalue weighted by Gasteiger charge is 2.49. The Labute approximate surface area is 535 Å². The van der Waals surface area contributed by atoms with Crippen molar-refractivity contribution in [2.45, 2.75) is 187 Å². The molecule has 7 heterocycles. The molecule has 24 nitrogen and oxygen atoms in total. The van der Waals surface area contributed by atoms with Crippen molar-refractivity contribution in [3.63, 3.8) is 0 Å². The second-order valence-electron chi connectivity index (χ2n) is 26.7. The van der Waals surface area contributed by atoms with E-state index in [-0.39, 0.29) is 51.5 Å². The van der Waals surface area contributed by atoms with Gasteiger partial charge in [0.05, 0.1) is 53.1 Å². The number of hydrazine groups is 2. The van der Waals surface area contributed by atoms with Crippen LogP contribution in [0.3, 0.4) is 0 Å². The Balaban J connectivity index is 1.06. The summed E-state index contributed by atoms with van der Waals surface area (Å²) >= 11 is 0. The number of amides is 6. The van der Waals surface area contributed by atoms with Crippen LogP contribution in [0.4, 0.5) is 0 Å². The number of hydrogen-bond donors (Lipinski definition) is 6. The van der Waals surface area contributed by atoms with Gasteiger partial charge in [0.1, 0.15) is 35.7 Å². The molecule has 1 saturated carbocycles. The number of rotatable bonds is 5. The van der Waals surface area contributed by atoms with Crippen molar-refractivity contribution >= 4 is 87.3 Å². The molecule has 2 aromatic heterocycles. The maximum absolute atomic E-state index is 15.5. The molecule has 0 unspecified atom stereocenters. The van der Waals surface area contributed by atoms with Crippen LogP contribution in [-0.2, 0) is 73.3 Å². The smallest absolute Gasteiger partial charge is 0.321 e. The van der Waals surface area contributed by atoms with Crippen LogP contribution in [0.15, 0.2) is 66.7 Å². The molecular formula is C68H86N10O14. The molecule has 10 bridgehead atoms. The molecule has 2 aromatic carbocycles. The Morgan fingerprint density at radius 3 is 1.72 bits per heavy atom. The maximum atomic E-state index is 15.5. The summed E-state index contributed by atoms with van der Waals surface area (Å²) in [4.78, 5) is 139. The third kappa shape index (κ3) is 15.0. The topological polar surface area (TPSA) is 304 Å². The third-order valence-electron chi connectivity index (χ3n) is 18.3. The molecular weight excluding hydrogens is 1180 g/mol. The summed E-state index contributed by atoms with van der Waals surface area (Å²) in [7, 11) is 0. The summed E-state index contributed by atoms with van der Waals surface area (Å²) in [6.45, 7) is 16.9. The summed E-state index contributed by atoms with van der Waals surface area (Å²) < 4.78 is 30.3. The summed E-state index contributed by atoms with van der Waals surface area (Å²) in [6, 6.07) is 11.0. The second-order valence-corrected chi connectivity index (χ2v) is 26.7. The van der Waals surface area contributed by atoms with Crippen LogP contribution in [0.5, 0.6) is 0 Å². The molecule has 4 aromatic rings. The van der Waals surface area contributed by atoms with E-state index in [1.807, 2.05) is 49.4 Å². The van der Waals surface area contributed by atoms with E-state index in [4.69, 9.17) is 33.7 Å². The lowest BCUT2D eigenvalue weighted by Gasteiger charge is -2.41. The van der Waals surface area contributed by atoms with Gasteiger partial charge in [-0.05, 0) is 139 Å². The largest absolute Gasteiger partial charge is 0.463 e. The van der Waals surface area contributed by atoms with Gasteiger partial charge in [-0.1, -0.05) is 82.3 Å². The Kier molecular flexibility index (Phi) is 20.0. The minimum absolute atomic E-state index is 0.148. The Hall–Kier alpha value is -8.19. The van der Waals surface area contributed by atoms with Crippen LogP contribution >= 0.6 is 0 Å². The standard InChI is InChI=1S/C68H86N10O14/c1-37(2)56-60(82)71-41(7)62(84)77-29-11-13-50(75-77)59(81)70-40(6)52-33-46(48-19-16-44(32-54(48)73-52)21-25-67(64(86)91-56)27-23-47(24-28-67)90-42(8)79)34-55-63(85)78-30-12-14-51(76-78)58(80)69-39(5)49-20-18-45-17-15-43(31-53(45)72-49)22-26-68(35-88-66(9,10)89-36-68)65(87)92-57(38(3)4)61(83)74-55/h15-22,25-26,31-33,37-41,47,50-51,55-57,75-76H,11-14,23-24,27-30,34-36H2,1-10H3,(H,69,80)(H,70,81)(H,71,82)(H,74,83)/b25-21+,26-22+/t39-,40-,41+,47-,50+,51+,55+,56+,57+,67+/m1/s1. The number of nitrogens with zero attached hydrogens (tertiary/aromatic N) is 4. The highest BCUT2D eigenvalue weighted by Crippen LogP contribution is 2.42. The van der Waals surface area contributed by atoms with Crippen molar-refractivity contribution in [1.29, 1.82) is 0 Å². The van der Waals surface area contributed by atoms with Gasteiger partial charge in [0, 0.05) is 37.2 Å². The average Bonchev–Trinajstić information content (AvgIpc) is 0.877. The van der Waals surface area contributed by atoms with Crippen LogP contribution in [-0.4, -0.2) is 148 Å². The molecule has 10 rings (SSSR count). The quantitative estimate of drug-likeness (QED) is 0.101. The van der Waals surface area contributed by atoms with E-state index in [2.05, 4.69) is 32.1 Å². The van der Waals surface area contributed by atoms with Crippen molar-refractivity contribution in [3.8, 4) is 0 Å². The zero-order valence-electron chi connectivity index (χ0n) is 54.1. The number of benzene rings is 2. The minimum Gasteiger partial charge on any atom is -0.463 e. The van der Waals surface area contributed by atoms with E-state index in [1.54, 1.807) is 84.9 Å². The molecule has 4 fully saturated rings. The molecule has 24 heteroatoms. The summed E-state index contributed by atoms with van der Waals surface area (Å²) in [5.41, 5.74) is 7.23. The van der Waals surface area contributed by atoms with E-state index in [0.717, 1.165) is 5.39 Å². The first-order valence-electron chi connectivity index (χ1n) is 32.2. The number of ether oxygens (including phenoxy) is 5. The van der Waals surface area contributed by atoms with Crippen LogP contribution in [0.1, 0.15) is 161 Å². The summed E-state index contributed by atoms with van der Waals surface area (Å²) in [5, 5.41) is 16.0. The SMILES string of the molecule is CC(=O)O[C@H]1CC[C@]2(/C=C/c3ccc4c(C[C@@H]5NC(=O)[C@H](C(C)C)OC(=O)C6(/C=C/c7ccc8ccc(nc8c7)[C@@H](C)NC(=O)[C@@H]7CCCN(N7)C5=O)COC(C)(C)OC6)cc(nc4c3)[C@@H](C)NC(=O)[C@@H]3CCCN(N3)C(=O)[C@H](C)NC(=O)[C@H](C(C)C)OC2=O)CC1. The van der Waals surface area contributed by atoms with Crippen molar-refractivity contribution in [2.24, 2.45) is 22.7 Å². The first-order valence-corrected chi connectivity index (χ1v) is 32.2. The molecule has 8 atom stereocenters. The molecule has 6 amide bonds. The number of carbonyl (C=O) groups excluding carboxylic acids is 9. The lowest BCUT2D eigenvalue weighted by atomic mass is 9.72. The predicted octanol–water partition coefficient (Wildman–Crippen LogP) is 5.81. The molecule has 6 aliphatic rings. The Morgan fingerprint density at radius 1 is 0.609 bits per heavy atom. The zero-order valence-corrected chi connectivity index (χ0v) is 54.1. The summed E-state index contributed by atoms with van der Waals surface area (Å²) in [6.07, 6.45) is 6.22. The number of aromatic nitrogens is 2. The van der Waals surface area contributed by atoms with E-state index in [1.165, 1.54) is 23.9 Å². The van der Waals surface area contributed by atoms with Crippen LogP contribution in [0.2, 0.25) is 0 Å². The van der Waals surface area contributed by atoms with Gasteiger partial charge in [0.25, 0.3) is 23.6 Å². The Bertz CT molecular complexity index is 3590. The third-order valence-corrected chi connectivity index (χ3v) is 18.3. The number of esters is 3. The molecule has 1 aliphatic carbocycles.